The highest BCUT2D eigenvalue weighted by atomic mass is 35.5. The van der Waals surface area contributed by atoms with E-state index in [0.29, 0.717) is 11.6 Å². The van der Waals surface area contributed by atoms with Gasteiger partial charge >= 0.3 is 0 Å². The Hall–Kier alpha value is -2.00. The molecule has 20 heavy (non-hydrogen) atoms. The highest BCUT2D eigenvalue weighted by molar-refractivity contribution is 6.30. The number of benzene rings is 2. The summed E-state index contributed by atoms with van der Waals surface area (Å²) in [7, 11) is 0. The molecule has 0 aliphatic rings. The van der Waals surface area contributed by atoms with Crippen LogP contribution < -0.4 is 4.74 Å². The zero-order valence-corrected chi connectivity index (χ0v) is 12.2. The topological polar surface area (TPSA) is 37.9 Å². The molecule has 102 valence electrons. The molecule has 0 saturated carbocycles. The van der Waals surface area contributed by atoms with E-state index in [-0.39, 0.29) is 0 Å². The maximum Gasteiger partial charge on any atom is 0.146 e. The number of ether oxygens (including phenoxy) is 1. The van der Waals surface area contributed by atoms with Crippen LogP contribution in [0.3, 0.4) is 0 Å². The summed E-state index contributed by atoms with van der Waals surface area (Å²) >= 11 is 5.84. The van der Waals surface area contributed by atoms with Gasteiger partial charge in [0.2, 0.25) is 0 Å². The van der Waals surface area contributed by atoms with Gasteiger partial charge in [0.05, 0.1) is 11.0 Å². The molecule has 1 heterocycles. The minimum atomic E-state index is 0.412. The summed E-state index contributed by atoms with van der Waals surface area (Å²) in [6.07, 6.45) is 0. The molecule has 0 saturated heterocycles. The Labute approximate surface area is 122 Å². The second-order valence-electron chi connectivity index (χ2n) is 4.90. The normalized spacial score (nSPS) is 10.9. The van der Waals surface area contributed by atoms with Gasteiger partial charge in [-0.2, -0.15) is 0 Å². The molecular formula is C16H15ClN2O. The largest absolute Gasteiger partial charge is 0.486 e. The third-order valence-electron chi connectivity index (χ3n) is 3.16. The Morgan fingerprint density at radius 1 is 1.15 bits per heavy atom. The van der Waals surface area contributed by atoms with Crippen molar-refractivity contribution < 1.29 is 4.74 Å². The van der Waals surface area contributed by atoms with Crippen LogP contribution in [-0.4, -0.2) is 9.97 Å². The van der Waals surface area contributed by atoms with E-state index >= 15 is 0 Å². The molecule has 0 unspecified atom stereocenters. The molecule has 0 bridgehead atoms. The van der Waals surface area contributed by atoms with E-state index in [2.05, 4.69) is 35.9 Å². The van der Waals surface area contributed by atoms with Gasteiger partial charge in [0.15, 0.2) is 0 Å². The molecule has 0 spiro atoms. The summed E-state index contributed by atoms with van der Waals surface area (Å²) in [6, 6.07) is 11.5. The first-order valence-electron chi connectivity index (χ1n) is 6.46. The van der Waals surface area contributed by atoms with E-state index in [1.807, 2.05) is 24.3 Å². The van der Waals surface area contributed by atoms with Gasteiger partial charge in [-0.25, -0.2) is 4.98 Å². The zero-order chi connectivity index (χ0) is 14.1. The number of aromatic amines is 1. The number of halogens is 1. The van der Waals surface area contributed by atoms with Gasteiger partial charge in [-0.3, -0.25) is 0 Å². The van der Waals surface area contributed by atoms with Crippen LogP contribution in [0, 0.1) is 13.8 Å². The summed E-state index contributed by atoms with van der Waals surface area (Å²) in [5, 5.41) is 0.701. The number of H-pyrrole nitrogens is 1. The minimum Gasteiger partial charge on any atom is -0.486 e. The van der Waals surface area contributed by atoms with Gasteiger partial charge in [0.25, 0.3) is 0 Å². The van der Waals surface area contributed by atoms with Gasteiger partial charge in [-0.1, -0.05) is 17.7 Å². The molecular weight excluding hydrogens is 272 g/mol. The molecule has 3 rings (SSSR count). The smallest absolute Gasteiger partial charge is 0.146 e. The second kappa shape index (κ2) is 5.17. The van der Waals surface area contributed by atoms with E-state index in [4.69, 9.17) is 16.3 Å². The number of imidazole rings is 1. The molecule has 0 atom stereocenters. The van der Waals surface area contributed by atoms with E-state index in [1.165, 1.54) is 11.1 Å². The van der Waals surface area contributed by atoms with Gasteiger partial charge in [0, 0.05) is 5.02 Å². The van der Waals surface area contributed by atoms with Crippen LogP contribution in [0.5, 0.6) is 5.75 Å². The maximum atomic E-state index is 5.84. The Balaban J connectivity index is 1.81. The number of nitrogens with one attached hydrogen (secondary N) is 1. The fraction of sp³-hybridized carbons (Fsp3) is 0.188. The number of nitrogens with zero attached hydrogens (tertiary/aromatic N) is 1. The first-order chi connectivity index (χ1) is 9.61. The van der Waals surface area contributed by atoms with E-state index in [9.17, 15) is 0 Å². The third-order valence-corrected chi connectivity index (χ3v) is 3.41. The van der Waals surface area contributed by atoms with E-state index in [1.54, 1.807) is 0 Å². The van der Waals surface area contributed by atoms with Crippen molar-refractivity contribution in [3.8, 4) is 5.75 Å². The number of hydrogen-bond donors (Lipinski definition) is 1. The summed E-state index contributed by atoms with van der Waals surface area (Å²) in [4.78, 5) is 7.88. The van der Waals surface area contributed by atoms with Gasteiger partial charge in [-0.05, 0) is 55.3 Å². The summed E-state index contributed by atoms with van der Waals surface area (Å²) < 4.78 is 5.69. The summed E-state index contributed by atoms with van der Waals surface area (Å²) in [5.41, 5.74) is 4.46. The lowest BCUT2D eigenvalue weighted by molar-refractivity contribution is 0.297. The molecule has 0 aliphatic heterocycles. The number of aromatic nitrogens is 2. The van der Waals surface area contributed by atoms with Crippen LogP contribution >= 0.6 is 11.6 Å². The SMILES string of the molecule is Cc1cc(C)c2nc(COc3ccc(Cl)cc3)[nH]c2c1. The monoisotopic (exact) mass is 286 g/mol. The molecule has 0 fully saturated rings. The first kappa shape index (κ1) is 13.0. The van der Waals surface area contributed by atoms with Crippen LogP contribution in [0.4, 0.5) is 0 Å². The predicted molar refractivity (Wildman–Crippen MR) is 81.4 cm³/mol. The van der Waals surface area contributed by atoms with Crippen LogP contribution in [0.1, 0.15) is 17.0 Å². The standard InChI is InChI=1S/C16H15ClN2O/c1-10-7-11(2)16-14(8-10)18-15(19-16)9-20-13-5-3-12(17)4-6-13/h3-8H,9H2,1-2H3,(H,18,19). The van der Waals surface area contributed by atoms with Crippen molar-refractivity contribution in [1.82, 2.24) is 9.97 Å². The fourth-order valence-corrected chi connectivity index (χ4v) is 2.40. The average molecular weight is 287 g/mol. The number of hydrogen-bond acceptors (Lipinski definition) is 2. The Morgan fingerprint density at radius 2 is 1.90 bits per heavy atom. The summed E-state index contributed by atoms with van der Waals surface area (Å²) in [5.74, 6) is 1.60. The molecule has 1 N–H and O–H groups in total. The van der Waals surface area contributed by atoms with Crippen molar-refractivity contribution in [2.45, 2.75) is 20.5 Å². The molecule has 0 radical (unpaired) electrons. The van der Waals surface area contributed by atoms with Crippen molar-refractivity contribution in [2.24, 2.45) is 0 Å². The van der Waals surface area contributed by atoms with Crippen molar-refractivity contribution in [3.05, 3.63) is 58.4 Å². The van der Waals surface area contributed by atoms with Crippen molar-refractivity contribution in [3.63, 3.8) is 0 Å². The highest BCUT2D eigenvalue weighted by Crippen LogP contribution is 2.20. The predicted octanol–water partition coefficient (Wildman–Crippen LogP) is 4.41. The Bertz CT molecular complexity index is 747. The molecule has 0 amide bonds. The van der Waals surface area contributed by atoms with Crippen LogP contribution in [0.2, 0.25) is 5.02 Å². The van der Waals surface area contributed by atoms with Crippen LogP contribution in [-0.2, 0) is 6.61 Å². The Kier molecular flexibility index (Phi) is 3.36. The average Bonchev–Trinajstić information content (AvgIpc) is 2.81. The molecule has 0 aliphatic carbocycles. The molecule has 4 heteroatoms. The molecule has 3 nitrogen and oxygen atoms in total. The number of aryl methyl sites for hydroxylation is 2. The van der Waals surface area contributed by atoms with Crippen LogP contribution in [0.25, 0.3) is 11.0 Å². The fourth-order valence-electron chi connectivity index (χ4n) is 2.27. The summed E-state index contributed by atoms with van der Waals surface area (Å²) in [6.45, 7) is 4.56. The van der Waals surface area contributed by atoms with Gasteiger partial charge < -0.3 is 9.72 Å². The molecule has 2 aromatic carbocycles. The van der Waals surface area contributed by atoms with E-state index in [0.717, 1.165) is 22.6 Å². The number of fused-ring (bicyclic) bond motifs is 1. The van der Waals surface area contributed by atoms with Crippen molar-refractivity contribution in [2.75, 3.05) is 0 Å². The third kappa shape index (κ3) is 2.63. The highest BCUT2D eigenvalue weighted by Gasteiger charge is 2.06. The van der Waals surface area contributed by atoms with Crippen molar-refractivity contribution in [1.29, 1.82) is 0 Å². The van der Waals surface area contributed by atoms with Crippen LogP contribution in [0.15, 0.2) is 36.4 Å². The quantitative estimate of drug-likeness (QED) is 0.774. The van der Waals surface area contributed by atoms with Crippen molar-refractivity contribution >= 4 is 22.6 Å². The first-order valence-corrected chi connectivity index (χ1v) is 6.84. The second-order valence-corrected chi connectivity index (χ2v) is 5.34. The lowest BCUT2D eigenvalue weighted by Crippen LogP contribution is -1.97. The van der Waals surface area contributed by atoms with Gasteiger partial charge in [0.1, 0.15) is 18.2 Å². The molecule has 3 aromatic rings. The lowest BCUT2D eigenvalue weighted by Gasteiger charge is -2.03. The van der Waals surface area contributed by atoms with Gasteiger partial charge in [-0.15, -0.1) is 0 Å². The zero-order valence-electron chi connectivity index (χ0n) is 11.4. The Morgan fingerprint density at radius 3 is 2.65 bits per heavy atom. The number of rotatable bonds is 3. The minimum absolute atomic E-state index is 0.412. The van der Waals surface area contributed by atoms with E-state index < -0.39 is 0 Å². The maximum absolute atomic E-state index is 5.84. The molecule has 1 aromatic heterocycles. The lowest BCUT2D eigenvalue weighted by atomic mass is 10.1.